The molecule has 0 radical (unpaired) electrons. The fourth-order valence-electron chi connectivity index (χ4n) is 3.56. The minimum absolute atomic E-state index is 0.108. The lowest BCUT2D eigenvalue weighted by Crippen LogP contribution is -2.50. The Labute approximate surface area is 195 Å². The first-order valence-corrected chi connectivity index (χ1v) is 12.3. The van der Waals surface area contributed by atoms with E-state index in [4.69, 9.17) is 14.0 Å². The second-order valence-electron chi connectivity index (χ2n) is 8.33. The summed E-state index contributed by atoms with van der Waals surface area (Å²) in [5, 5.41) is 3.74. The van der Waals surface area contributed by atoms with Gasteiger partial charge in [-0.3, -0.25) is 4.79 Å². The highest BCUT2D eigenvalue weighted by Gasteiger charge is 2.33. The van der Waals surface area contributed by atoms with Crippen molar-refractivity contribution in [3.63, 3.8) is 0 Å². The average Bonchev–Trinajstić information content (AvgIpc) is 3.14. The number of carbonyl (C=O) groups excluding carboxylic acids is 1. The summed E-state index contributed by atoms with van der Waals surface area (Å²) < 4.78 is 43.4. The van der Waals surface area contributed by atoms with Crippen LogP contribution >= 0.6 is 0 Å². The van der Waals surface area contributed by atoms with Crippen LogP contribution in [0.5, 0.6) is 11.5 Å². The van der Waals surface area contributed by atoms with Gasteiger partial charge in [-0.15, -0.1) is 0 Å². The maximum absolute atomic E-state index is 12.9. The molecular formula is C23H31N3O6S. The van der Waals surface area contributed by atoms with Crippen LogP contribution in [0, 0.1) is 19.8 Å². The van der Waals surface area contributed by atoms with Gasteiger partial charge in [0.2, 0.25) is 15.9 Å². The Morgan fingerprint density at radius 2 is 1.88 bits per heavy atom. The summed E-state index contributed by atoms with van der Waals surface area (Å²) in [6, 6.07) is 5.49. The predicted molar refractivity (Wildman–Crippen MR) is 124 cm³/mol. The Morgan fingerprint density at radius 1 is 1.18 bits per heavy atom. The van der Waals surface area contributed by atoms with Crippen molar-refractivity contribution < 1.29 is 27.2 Å². The minimum atomic E-state index is -3.71. The van der Waals surface area contributed by atoms with E-state index >= 15 is 0 Å². The molecular weight excluding hydrogens is 446 g/mol. The largest absolute Gasteiger partial charge is 0.493 e. The Kier molecular flexibility index (Phi) is 7.80. The SMILES string of the molecule is COc1cc(C=CC(=O)N2CCN(S(=O)(=O)c3c(C)noc3C)CC2)ccc1OCC(C)C. The van der Waals surface area contributed by atoms with Gasteiger partial charge in [0.1, 0.15) is 10.6 Å². The highest BCUT2D eigenvalue weighted by Crippen LogP contribution is 2.29. The molecule has 3 rings (SSSR count). The van der Waals surface area contributed by atoms with Crippen molar-refractivity contribution >= 4 is 22.0 Å². The molecule has 1 aliphatic rings. The monoisotopic (exact) mass is 477 g/mol. The van der Waals surface area contributed by atoms with Crippen LogP contribution in [0.3, 0.4) is 0 Å². The van der Waals surface area contributed by atoms with Gasteiger partial charge in [-0.1, -0.05) is 25.1 Å². The van der Waals surface area contributed by atoms with Crippen molar-refractivity contribution in [2.24, 2.45) is 5.92 Å². The summed E-state index contributed by atoms with van der Waals surface area (Å²) in [6.07, 6.45) is 3.20. The number of hydrogen-bond donors (Lipinski definition) is 0. The number of hydrogen-bond acceptors (Lipinski definition) is 7. The maximum Gasteiger partial charge on any atom is 0.248 e. The van der Waals surface area contributed by atoms with Gasteiger partial charge in [-0.2, -0.15) is 4.31 Å². The van der Waals surface area contributed by atoms with Crippen molar-refractivity contribution in [3.05, 3.63) is 41.3 Å². The smallest absolute Gasteiger partial charge is 0.248 e. The maximum atomic E-state index is 12.9. The summed E-state index contributed by atoms with van der Waals surface area (Å²) in [4.78, 5) is 14.4. The van der Waals surface area contributed by atoms with E-state index in [1.807, 2.05) is 18.2 Å². The first-order chi connectivity index (χ1) is 15.6. The van der Waals surface area contributed by atoms with E-state index in [-0.39, 0.29) is 29.7 Å². The molecule has 9 nitrogen and oxygen atoms in total. The number of methoxy groups -OCH3 is 1. The van der Waals surface area contributed by atoms with Crippen LogP contribution in [-0.4, -0.2) is 68.6 Å². The molecule has 0 unspecified atom stereocenters. The molecule has 0 N–H and O–H groups in total. The number of ether oxygens (including phenoxy) is 2. The predicted octanol–water partition coefficient (Wildman–Crippen LogP) is 2.88. The summed E-state index contributed by atoms with van der Waals surface area (Å²) in [5.74, 6) is 1.74. The van der Waals surface area contributed by atoms with Crippen LogP contribution in [0.1, 0.15) is 30.9 Å². The number of amides is 1. The average molecular weight is 478 g/mol. The molecule has 1 saturated heterocycles. The minimum Gasteiger partial charge on any atom is -0.493 e. The number of rotatable bonds is 8. The highest BCUT2D eigenvalue weighted by molar-refractivity contribution is 7.89. The first-order valence-electron chi connectivity index (χ1n) is 10.8. The van der Waals surface area contributed by atoms with Gasteiger partial charge in [0.25, 0.3) is 0 Å². The van der Waals surface area contributed by atoms with Crippen LogP contribution in [0.2, 0.25) is 0 Å². The second-order valence-corrected chi connectivity index (χ2v) is 10.2. The molecule has 0 aliphatic carbocycles. The van der Waals surface area contributed by atoms with Crippen LogP contribution in [0.15, 0.2) is 33.7 Å². The number of piperazine rings is 1. The van der Waals surface area contributed by atoms with Gasteiger partial charge < -0.3 is 18.9 Å². The summed E-state index contributed by atoms with van der Waals surface area (Å²) in [7, 11) is -2.14. The van der Waals surface area contributed by atoms with E-state index < -0.39 is 10.0 Å². The number of sulfonamides is 1. The number of aromatic nitrogens is 1. The number of aryl methyl sites for hydroxylation is 2. The van der Waals surface area contributed by atoms with E-state index in [0.29, 0.717) is 42.8 Å². The zero-order valence-electron chi connectivity index (χ0n) is 19.7. The molecule has 2 aromatic rings. The third-order valence-corrected chi connectivity index (χ3v) is 7.44. The standard InChI is InChI=1S/C23H31N3O6S/c1-16(2)15-31-20-8-6-19(14-21(20)30-5)7-9-22(27)25-10-12-26(13-11-25)33(28,29)23-17(3)24-32-18(23)4/h6-9,14,16H,10-13,15H2,1-5H3. The van der Waals surface area contributed by atoms with E-state index in [1.165, 1.54) is 10.4 Å². The lowest BCUT2D eigenvalue weighted by molar-refractivity contribution is -0.127. The molecule has 180 valence electrons. The molecule has 1 aromatic heterocycles. The third kappa shape index (κ3) is 5.75. The van der Waals surface area contributed by atoms with Gasteiger partial charge in [0.05, 0.1) is 13.7 Å². The van der Waals surface area contributed by atoms with Gasteiger partial charge in [0.15, 0.2) is 17.3 Å². The van der Waals surface area contributed by atoms with Crippen LogP contribution in [0.25, 0.3) is 6.08 Å². The van der Waals surface area contributed by atoms with Gasteiger partial charge in [-0.05, 0) is 43.5 Å². The summed E-state index contributed by atoms with van der Waals surface area (Å²) in [6.45, 7) is 8.93. The van der Waals surface area contributed by atoms with Crippen molar-refractivity contribution in [1.29, 1.82) is 0 Å². The van der Waals surface area contributed by atoms with E-state index in [9.17, 15) is 13.2 Å². The molecule has 0 bridgehead atoms. The zero-order valence-corrected chi connectivity index (χ0v) is 20.5. The lowest BCUT2D eigenvalue weighted by Gasteiger charge is -2.33. The summed E-state index contributed by atoms with van der Waals surface area (Å²) >= 11 is 0. The number of benzene rings is 1. The van der Waals surface area contributed by atoms with E-state index in [1.54, 1.807) is 31.9 Å². The normalized spacial score (nSPS) is 15.4. The highest BCUT2D eigenvalue weighted by atomic mass is 32.2. The topological polar surface area (TPSA) is 102 Å². The fourth-order valence-corrected chi connectivity index (χ4v) is 5.27. The van der Waals surface area contributed by atoms with Crippen molar-refractivity contribution in [3.8, 4) is 11.5 Å². The molecule has 0 atom stereocenters. The van der Waals surface area contributed by atoms with Crippen molar-refractivity contribution in [1.82, 2.24) is 14.4 Å². The quantitative estimate of drug-likeness (QED) is 0.539. The molecule has 1 fully saturated rings. The van der Waals surface area contributed by atoms with Crippen LogP contribution in [0.4, 0.5) is 0 Å². The molecule has 0 saturated carbocycles. The summed E-state index contributed by atoms with van der Waals surface area (Å²) in [5.41, 5.74) is 1.14. The van der Waals surface area contributed by atoms with Crippen LogP contribution in [-0.2, 0) is 14.8 Å². The molecule has 2 heterocycles. The van der Waals surface area contributed by atoms with Crippen molar-refractivity contribution in [2.45, 2.75) is 32.6 Å². The Hall–Kier alpha value is -2.85. The Bertz CT molecular complexity index is 1100. The zero-order chi connectivity index (χ0) is 24.2. The second kappa shape index (κ2) is 10.4. The van der Waals surface area contributed by atoms with Crippen LogP contribution < -0.4 is 9.47 Å². The Morgan fingerprint density at radius 3 is 2.45 bits per heavy atom. The van der Waals surface area contributed by atoms with Gasteiger partial charge >= 0.3 is 0 Å². The Balaban J connectivity index is 1.61. The molecule has 1 amide bonds. The van der Waals surface area contributed by atoms with E-state index in [0.717, 1.165) is 5.56 Å². The first kappa shape index (κ1) is 24.8. The number of nitrogens with zero attached hydrogens (tertiary/aromatic N) is 3. The molecule has 0 spiro atoms. The molecule has 1 aromatic carbocycles. The van der Waals surface area contributed by atoms with Gasteiger partial charge in [-0.25, -0.2) is 8.42 Å². The van der Waals surface area contributed by atoms with Gasteiger partial charge in [0, 0.05) is 32.3 Å². The number of carbonyl (C=O) groups is 1. The third-order valence-electron chi connectivity index (χ3n) is 5.29. The molecule has 33 heavy (non-hydrogen) atoms. The fraction of sp³-hybridized carbons (Fsp3) is 0.478. The molecule has 10 heteroatoms. The van der Waals surface area contributed by atoms with E-state index in [2.05, 4.69) is 19.0 Å². The lowest BCUT2D eigenvalue weighted by atomic mass is 10.1. The molecule has 1 aliphatic heterocycles. The van der Waals surface area contributed by atoms with Crippen molar-refractivity contribution in [2.75, 3.05) is 39.9 Å².